The highest BCUT2D eigenvalue weighted by Crippen LogP contribution is 2.29. The van der Waals surface area contributed by atoms with E-state index in [1.165, 1.54) is 18.2 Å². The number of carbonyl (C=O) groups excluding carboxylic acids is 1. The van der Waals surface area contributed by atoms with Gasteiger partial charge in [-0.1, -0.05) is 6.58 Å². The van der Waals surface area contributed by atoms with Crippen molar-refractivity contribution in [2.24, 2.45) is 0 Å². The number of anilines is 1. The summed E-state index contributed by atoms with van der Waals surface area (Å²) in [5, 5.41) is 13.2. The van der Waals surface area contributed by atoms with E-state index < -0.39 is 10.8 Å². The second kappa shape index (κ2) is 7.25. The third-order valence-electron chi connectivity index (χ3n) is 2.41. The second-order valence-electron chi connectivity index (χ2n) is 4.28. The third-order valence-corrected chi connectivity index (χ3v) is 2.41. The first-order valence-corrected chi connectivity index (χ1v) is 5.93. The molecule has 1 rings (SSSR count). The molecule has 20 heavy (non-hydrogen) atoms. The Labute approximate surface area is 117 Å². The van der Waals surface area contributed by atoms with Crippen molar-refractivity contribution in [2.75, 3.05) is 32.6 Å². The lowest BCUT2D eigenvalue weighted by molar-refractivity contribution is -0.384. The molecule has 7 heteroatoms. The average molecular weight is 279 g/mol. The van der Waals surface area contributed by atoms with Crippen LogP contribution in [0.2, 0.25) is 0 Å². The smallest absolute Gasteiger partial charge is 0.271 e. The van der Waals surface area contributed by atoms with Gasteiger partial charge in [0.25, 0.3) is 5.69 Å². The number of nitrogens with one attached hydrogen (secondary N) is 1. The molecule has 1 aromatic carbocycles. The van der Waals surface area contributed by atoms with Crippen molar-refractivity contribution < 1.29 is 14.5 Å². The van der Waals surface area contributed by atoms with Crippen molar-refractivity contribution in [2.45, 2.75) is 0 Å². The average Bonchev–Trinajstić information content (AvgIpc) is 2.39. The molecule has 0 heterocycles. The zero-order valence-corrected chi connectivity index (χ0v) is 11.5. The molecule has 1 amide bonds. The van der Waals surface area contributed by atoms with Crippen molar-refractivity contribution in [3.63, 3.8) is 0 Å². The number of nitro groups is 1. The molecular weight excluding hydrogens is 262 g/mol. The van der Waals surface area contributed by atoms with E-state index in [2.05, 4.69) is 11.9 Å². The van der Waals surface area contributed by atoms with Gasteiger partial charge in [0.1, 0.15) is 12.4 Å². The number of rotatable bonds is 7. The minimum absolute atomic E-state index is 0.121. The Morgan fingerprint density at radius 1 is 1.55 bits per heavy atom. The van der Waals surface area contributed by atoms with E-state index in [0.717, 1.165) is 6.08 Å². The molecule has 0 saturated carbocycles. The summed E-state index contributed by atoms with van der Waals surface area (Å²) in [6.07, 6.45) is 1.09. The Bertz CT molecular complexity index is 514. The SMILES string of the molecule is C=CC(=O)Nc1cc([N+](=O)[O-])ccc1OCCN(C)C. The molecular formula is C13H17N3O4. The molecule has 0 bridgehead atoms. The van der Waals surface area contributed by atoms with Crippen LogP contribution >= 0.6 is 0 Å². The highest BCUT2D eigenvalue weighted by atomic mass is 16.6. The fourth-order valence-electron chi connectivity index (χ4n) is 1.38. The van der Waals surface area contributed by atoms with Crippen LogP contribution in [0.5, 0.6) is 5.75 Å². The molecule has 0 spiro atoms. The molecule has 0 fully saturated rings. The van der Waals surface area contributed by atoms with Crippen molar-refractivity contribution in [1.82, 2.24) is 4.90 Å². The van der Waals surface area contributed by atoms with Gasteiger partial charge < -0.3 is 15.0 Å². The summed E-state index contributed by atoms with van der Waals surface area (Å²) in [5.41, 5.74) is 0.132. The number of nitrogens with zero attached hydrogens (tertiary/aromatic N) is 2. The van der Waals surface area contributed by atoms with Gasteiger partial charge in [-0.25, -0.2) is 0 Å². The Balaban J connectivity index is 2.93. The van der Waals surface area contributed by atoms with E-state index in [1.807, 2.05) is 19.0 Å². The van der Waals surface area contributed by atoms with Crippen LogP contribution in [0.1, 0.15) is 0 Å². The summed E-state index contributed by atoms with van der Waals surface area (Å²) >= 11 is 0. The summed E-state index contributed by atoms with van der Waals surface area (Å²) in [5.74, 6) is -0.0735. The van der Waals surface area contributed by atoms with Gasteiger partial charge >= 0.3 is 0 Å². The fourth-order valence-corrected chi connectivity index (χ4v) is 1.38. The fraction of sp³-hybridized carbons (Fsp3) is 0.308. The molecule has 0 aliphatic heterocycles. The first kappa shape index (κ1) is 15.6. The van der Waals surface area contributed by atoms with E-state index in [4.69, 9.17) is 4.74 Å². The number of non-ortho nitro benzene ring substituents is 1. The first-order valence-electron chi connectivity index (χ1n) is 5.93. The molecule has 0 radical (unpaired) electrons. The van der Waals surface area contributed by atoms with E-state index in [0.29, 0.717) is 18.9 Å². The number of hydrogen-bond donors (Lipinski definition) is 1. The van der Waals surface area contributed by atoms with Crippen molar-refractivity contribution in [1.29, 1.82) is 0 Å². The van der Waals surface area contributed by atoms with Gasteiger partial charge in [-0.2, -0.15) is 0 Å². The van der Waals surface area contributed by atoms with Crippen LogP contribution in [0.4, 0.5) is 11.4 Å². The van der Waals surface area contributed by atoms with Crippen molar-refractivity contribution >= 4 is 17.3 Å². The summed E-state index contributed by atoms with van der Waals surface area (Å²) in [6.45, 7) is 4.43. The molecule has 1 aromatic rings. The van der Waals surface area contributed by atoms with Crippen molar-refractivity contribution in [3.05, 3.63) is 41.0 Å². The number of carbonyl (C=O) groups is 1. The van der Waals surface area contributed by atoms with Crippen LogP contribution in [0.25, 0.3) is 0 Å². The quantitative estimate of drug-likeness (QED) is 0.466. The normalized spacial score (nSPS) is 10.2. The van der Waals surface area contributed by atoms with Gasteiger partial charge in [0.05, 0.1) is 10.6 Å². The summed E-state index contributed by atoms with van der Waals surface area (Å²) in [7, 11) is 3.80. The van der Waals surface area contributed by atoms with Gasteiger partial charge in [0.15, 0.2) is 0 Å². The number of likely N-dealkylation sites (N-methyl/N-ethyl adjacent to an activating group) is 1. The van der Waals surface area contributed by atoms with Gasteiger partial charge in [-0.15, -0.1) is 0 Å². The molecule has 108 valence electrons. The number of nitro benzene ring substituents is 1. The highest BCUT2D eigenvalue weighted by molar-refractivity contribution is 6.00. The molecule has 7 nitrogen and oxygen atoms in total. The number of ether oxygens (including phenoxy) is 1. The molecule has 1 N–H and O–H groups in total. The monoisotopic (exact) mass is 279 g/mol. The molecule has 0 saturated heterocycles. The van der Waals surface area contributed by atoms with E-state index >= 15 is 0 Å². The van der Waals surface area contributed by atoms with Crippen LogP contribution in [-0.2, 0) is 4.79 Å². The standard InChI is InChI=1S/C13H17N3O4/c1-4-13(17)14-11-9-10(16(18)19)5-6-12(11)20-8-7-15(2)3/h4-6,9H,1,7-8H2,2-3H3,(H,14,17). The zero-order valence-electron chi connectivity index (χ0n) is 11.5. The number of amides is 1. The Morgan fingerprint density at radius 3 is 2.80 bits per heavy atom. The Hall–Kier alpha value is -2.41. The minimum atomic E-state index is -0.535. The molecule has 0 aliphatic carbocycles. The predicted octanol–water partition coefficient (Wildman–Crippen LogP) is 1.66. The minimum Gasteiger partial charge on any atom is -0.490 e. The van der Waals surface area contributed by atoms with Crippen LogP contribution in [0.3, 0.4) is 0 Å². The summed E-state index contributed by atoms with van der Waals surface area (Å²) < 4.78 is 5.51. The van der Waals surface area contributed by atoms with Crippen LogP contribution < -0.4 is 10.1 Å². The van der Waals surface area contributed by atoms with Gasteiger partial charge in [-0.3, -0.25) is 14.9 Å². The lowest BCUT2D eigenvalue weighted by Gasteiger charge is -2.14. The second-order valence-corrected chi connectivity index (χ2v) is 4.28. The van der Waals surface area contributed by atoms with Crippen LogP contribution in [0.15, 0.2) is 30.9 Å². The maximum absolute atomic E-state index is 11.3. The number of benzene rings is 1. The van der Waals surface area contributed by atoms with Crippen LogP contribution in [-0.4, -0.2) is 43.0 Å². The predicted molar refractivity (Wildman–Crippen MR) is 76.0 cm³/mol. The first-order chi connectivity index (χ1) is 9.43. The third kappa shape index (κ3) is 4.69. The van der Waals surface area contributed by atoms with Gasteiger partial charge in [0.2, 0.25) is 5.91 Å². The number of hydrogen-bond acceptors (Lipinski definition) is 5. The Kier molecular flexibility index (Phi) is 5.67. The zero-order chi connectivity index (χ0) is 15.1. The highest BCUT2D eigenvalue weighted by Gasteiger charge is 2.13. The van der Waals surface area contributed by atoms with E-state index in [1.54, 1.807) is 0 Å². The largest absolute Gasteiger partial charge is 0.490 e. The van der Waals surface area contributed by atoms with Gasteiger partial charge in [0, 0.05) is 18.7 Å². The van der Waals surface area contributed by atoms with E-state index in [9.17, 15) is 14.9 Å². The maximum atomic E-state index is 11.3. The maximum Gasteiger partial charge on any atom is 0.271 e. The topological polar surface area (TPSA) is 84.7 Å². The van der Waals surface area contributed by atoms with Crippen molar-refractivity contribution in [3.8, 4) is 5.75 Å². The summed E-state index contributed by atoms with van der Waals surface area (Å²) in [4.78, 5) is 23.5. The van der Waals surface area contributed by atoms with Crippen LogP contribution in [0, 0.1) is 10.1 Å². The van der Waals surface area contributed by atoms with E-state index in [-0.39, 0.29) is 11.4 Å². The lowest BCUT2D eigenvalue weighted by atomic mass is 10.2. The molecule has 0 unspecified atom stereocenters. The molecule has 0 atom stereocenters. The Morgan fingerprint density at radius 2 is 2.25 bits per heavy atom. The molecule has 0 aromatic heterocycles. The lowest BCUT2D eigenvalue weighted by Crippen LogP contribution is -2.20. The van der Waals surface area contributed by atoms with Gasteiger partial charge in [-0.05, 0) is 26.2 Å². The summed E-state index contributed by atoms with van der Waals surface area (Å²) in [6, 6.07) is 4.05. The molecule has 0 aliphatic rings.